The Morgan fingerprint density at radius 3 is 2.75 bits per heavy atom. The molecule has 4 nitrogen and oxygen atoms in total. The number of nitrogens with two attached hydrogens (primary N) is 1. The van der Waals surface area contributed by atoms with Crippen molar-refractivity contribution in [2.45, 2.75) is 13.8 Å². The third-order valence-electron chi connectivity index (χ3n) is 2.05. The van der Waals surface area contributed by atoms with Crippen LogP contribution in [0.5, 0.6) is 5.75 Å². The Labute approximate surface area is 95.8 Å². The Bertz CT molecular complexity index is 375. The first kappa shape index (κ1) is 12.4. The van der Waals surface area contributed by atoms with Crippen molar-refractivity contribution >= 4 is 11.6 Å². The van der Waals surface area contributed by atoms with Gasteiger partial charge in [-0.1, -0.05) is 13.8 Å². The maximum Gasteiger partial charge on any atom is 0.254 e. The number of nitrogen functional groups attached to an aromatic ring is 1. The van der Waals surface area contributed by atoms with E-state index in [0.29, 0.717) is 29.5 Å². The fourth-order valence-electron chi connectivity index (χ4n) is 1.24. The SMILES string of the molecule is CNC(=O)c1ccc(N)cc1OCC(C)C. The van der Waals surface area contributed by atoms with Crippen molar-refractivity contribution in [2.24, 2.45) is 5.92 Å². The highest BCUT2D eigenvalue weighted by atomic mass is 16.5. The molecule has 0 saturated heterocycles. The predicted molar refractivity (Wildman–Crippen MR) is 64.6 cm³/mol. The molecule has 1 amide bonds. The van der Waals surface area contributed by atoms with Gasteiger partial charge in [-0.25, -0.2) is 0 Å². The van der Waals surface area contributed by atoms with Gasteiger partial charge in [-0.2, -0.15) is 0 Å². The van der Waals surface area contributed by atoms with Crippen LogP contribution >= 0.6 is 0 Å². The van der Waals surface area contributed by atoms with Crippen LogP contribution in [0.25, 0.3) is 0 Å². The third-order valence-corrected chi connectivity index (χ3v) is 2.05. The van der Waals surface area contributed by atoms with E-state index in [9.17, 15) is 4.79 Å². The molecule has 0 aliphatic carbocycles. The summed E-state index contributed by atoms with van der Waals surface area (Å²) < 4.78 is 5.56. The van der Waals surface area contributed by atoms with Gasteiger partial charge in [-0.15, -0.1) is 0 Å². The highest BCUT2D eigenvalue weighted by Gasteiger charge is 2.11. The van der Waals surface area contributed by atoms with Crippen LogP contribution in [0.15, 0.2) is 18.2 Å². The topological polar surface area (TPSA) is 64.4 Å². The standard InChI is InChI=1S/C12H18N2O2/c1-8(2)7-16-11-6-9(13)4-5-10(11)12(15)14-3/h4-6,8H,7,13H2,1-3H3,(H,14,15). The maximum atomic E-state index is 11.6. The van der Waals surface area contributed by atoms with Crippen LogP contribution in [0.1, 0.15) is 24.2 Å². The minimum Gasteiger partial charge on any atom is -0.492 e. The number of amides is 1. The van der Waals surface area contributed by atoms with E-state index in [1.165, 1.54) is 0 Å². The summed E-state index contributed by atoms with van der Waals surface area (Å²) in [6, 6.07) is 5.03. The summed E-state index contributed by atoms with van der Waals surface area (Å²) >= 11 is 0. The van der Waals surface area contributed by atoms with E-state index in [1.54, 1.807) is 25.2 Å². The molecule has 88 valence electrons. The second kappa shape index (κ2) is 5.39. The molecule has 0 saturated carbocycles. The lowest BCUT2D eigenvalue weighted by molar-refractivity contribution is 0.0958. The molecular formula is C12H18N2O2. The van der Waals surface area contributed by atoms with Crippen molar-refractivity contribution in [1.29, 1.82) is 0 Å². The number of ether oxygens (including phenoxy) is 1. The first-order valence-electron chi connectivity index (χ1n) is 5.29. The molecule has 0 aromatic heterocycles. The van der Waals surface area contributed by atoms with Crippen LogP contribution in [0.3, 0.4) is 0 Å². The lowest BCUT2D eigenvalue weighted by Gasteiger charge is -2.12. The van der Waals surface area contributed by atoms with E-state index < -0.39 is 0 Å². The van der Waals surface area contributed by atoms with Gasteiger partial charge in [0.25, 0.3) is 5.91 Å². The average Bonchev–Trinajstić information content (AvgIpc) is 2.25. The summed E-state index contributed by atoms with van der Waals surface area (Å²) in [7, 11) is 1.59. The molecular weight excluding hydrogens is 204 g/mol. The third kappa shape index (κ3) is 3.15. The van der Waals surface area contributed by atoms with Crippen molar-refractivity contribution in [2.75, 3.05) is 19.4 Å². The number of anilines is 1. The van der Waals surface area contributed by atoms with Gasteiger partial charge in [0.15, 0.2) is 0 Å². The van der Waals surface area contributed by atoms with Gasteiger partial charge in [0.2, 0.25) is 0 Å². The highest BCUT2D eigenvalue weighted by molar-refractivity contribution is 5.97. The minimum atomic E-state index is -0.168. The fraction of sp³-hybridized carbons (Fsp3) is 0.417. The predicted octanol–water partition coefficient (Wildman–Crippen LogP) is 1.66. The van der Waals surface area contributed by atoms with Crippen molar-refractivity contribution in [3.8, 4) is 5.75 Å². The largest absolute Gasteiger partial charge is 0.492 e. The second-order valence-corrected chi connectivity index (χ2v) is 4.04. The van der Waals surface area contributed by atoms with Crippen LogP contribution in [0, 0.1) is 5.92 Å². The molecule has 0 spiro atoms. The smallest absolute Gasteiger partial charge is 0.254 e. The van der Waals surface area contributed by atoms with Gasteiger partial charge >= 0.3 is 0 Å². The number of carbonyl (C=O) groups excluding carboxylic acids is 1. The molecule has 0 atom stereocenters. The van der Waals surface area contributed by atoms with Crippen molar-refractivity contribution in [1.82, 2.24) is 5.32 Å². The Hall–Kier alpha value is -1.71. The summed E-state index contributed by atoms with van der Waals surface area (Å²) in [6.45, 7) is 4.66. The van der Waals surface area contributed by atoms with E-state index >= 15 is 0 Å². The summed E-state index contributed by atoms with van der Waals surface area (Å²) in [5.41, 5.74) is 6.76. The molecule has 16 heavy (non-hydrogen) atoms. The molecule has 3 N–H and O–H groups in total. The van der Waals surface area contributed by atoms with Gasteiger partial charge in [0, 0.05) is 18.8 Å². The molecule has 0 aliphatic heterocycles. The first-order valence-corrected chi connectivity index (χ1v) is 5.29. The fourth-order valence-corrected chi connectivity index (χ4v) is 1.24. The van der Waals surface area contributed by atoms with Gasteiger partial charge in [0.1, 0.15) is 5.75 Å². The van der Waals surface area contributed by atoms with Gasteiger partial charge < -0.3 is 15.8 Å². The summed E-state index contributed by atoms with van der Waals surface area (Å²) in [5, 5.41) is 2.57. The normalized spacial score (nSPS) is 10.2. The zero-order valence-corrected chi connectivity index (χ0v) is 9.91. The van der Waals surface area contributed by atoms with E-state index in [0.717, 1.165) is 0 Å². The van der Waals surface area contributed by atoms with Crippen LogP contribution < -0.4 is 15.8 Å². The van der Waals surface area contributed by atoms with Crippen molar-refractivity contribution < 1.29 is 9.53 Å². The molecule has 0 heterocycles. The number of carbonyl (C=O) groups is 1. The molecule has 0 bridgehead atoms. The Balaban J connectivity index is 2.94. The number of hydrogen-bond donors (Lipinski definition) is 2. The van der Waals surface area contributed by atoms with Crippen molar-refractivity contribution in [3.05, 3.63) is 23.8 Å². The zero-order valence-electron chi connectivity index (χ0n) is 9.91. The maximum absolute atomic E-state index is 11.6. The van der Waals surface area contributed by atoms with E-state index in [2.05, 4.69) is 5.32 Å². The monoisotopic (exact) mass is 222 g/mol. The Morgan fingerprint density at radius 1 is 1.50 bits per heavy atom. The molecule has 4 heteroatoms. The molecule has 1 rings (SSSR count). The van der Waals surface area contributed by atoms with Crippen LogP contribution in [-0.2, 0) is 0 Å². The van der Waals surface area contributed by atoms with E-state index in [1.807, 2.05) is 13.8 Å². The lowest BCUT2D eigenvalue weighted by atomic mass is 10.1. The van der Waals surface area contributed by atoms with Gasteiger partial charge in [0.05, 0.1) is 12.2 Å². The molecule has 0 unspecified atom stereocenters. The lowest BCUT2D eigenvalue weighted by Crippen LogP contribution is -2.19. The van der Waals surface area contributed by atoms with Crippen LogP contribution in [0.4, 0.5) is 5.69 Å². The van der Waals surface area contributed by atoms with E-state index in [-0.39, 0.29) is 5.91 Å². The zero-order chi connectivity index (χ0) is 12.1. The van der Waals surface area contributed by atoms with Crippen LogP contribution in [-0.4, -0.2) is 19.6 Å². The Morgan fingerprint density at radius 2 is 2.19 bits per heavy atom. The quantitative estimate of drug-likeness (QED) is 0.761. The summed E-state index contributed by atoms with van der Waals surface area (Å²) in [6.07, 6.45) is 0. The number of hydrogen-bond acceptors (Lipinski definition) is 3. The molecule has 0 radical (unpaired) electrons. The molecule has 1 aromatic rings. The summed E-state index contributed by atoms with van der Waals surface area (Å²) in [5.74, 6) is 0.769. The van der Waals surface area contributed by atoms with Gasteiger partial charge in [-0.3, -0.25) is 4.79 Å². The second-order valence-electron chi connectivity index (χ2n) is 4.04. The van der Waals surface area contributed by atoms with Crippen molar-refractivity contribution in [3.63, 3.8) is 0 Å². The first-order chi connectivity index (χ1) is 7.54. The van der Waals surface area contributed by atoms with E-state index in [4.69, 9.17) is 10.5 Å². The molecule has 0 aliphatic rings. The molecule has 0 fully saturated rings. The summed E-state index contributed by atoms with van der Waals surface area (Å²) in [4.78, 5) is 11.6. The number of nitrogens with one attached hydrogen (secondary N) is 1. The average molecular weight is 222 g/mol. The van der Waals surface area contributed by atoms with Crippen LogP contribution in [0.2, 0.25) is 0 Å². The Kier molecular flexibility index (Phi) is 4.17. The van der Waals surface area contributed by atoms with Gasteiger partial charge in [-0.05, 0) is 18.1 Å². The number of benzene rings is 1. The molecule has 1 aromatic carbocycles. The minimum absolute atomic E-state index is 0.168. The highest BCUT2D eigenvalue weighted by Crippen LogP contribution is 2.22. The number of rotatable bonds is 4.